The highest BCUT2D eigenvalue weighted by Crippen LogP contribution is 2.36. The van der Waals surface area contributed by atoms with Crippen molar-refractivity contribution >= 4 is 6.09 Å². The first-order valence-electron chi connectivity index (χ1n) is 6.62. The van der Waals surface area contributed by atoms with Gasteiger partial charge in [0, 0.05) is 25.4 Å². The van der Waals surface area contributed by atoms with Gasteiger partial charge in [0.2, 0.25) is 0 Å². The number of alkyl halides is 2. The van der Waals surface area contributed by atoms with E-state index < -0.39 is 23.5 Å². The Hall–Kier alpha value is -1.13. The number of hydrogen-bond donors (Lipinski definition) is 0. The first-order chi connectivity index (χ1) is 8.65. The summed E-state index contributed by atoms with van der Waals surface area (Å²) in [6, 6.07) is 0. The molecule has 19 heavy (non-hydrogen) atoms. The molecule has 110 valence electrons. The normalized spacial score (nSPS) is 20.5. The van der Waals surface area contributed by atoms with Crippen molar-refractivity contribution in [2.45, 2.75) is 51.6 Å². The van der Waals surface area contributed by atoms with E-state index in [-0.39, 0.29) is 19.4 Å². The zero-order valence-corrected chi connectivity index (χ0v) is 11.9. The van der Waals surface area contributed by atoms with Gasteiger partial charge < -0.3 is 9.64 Å². The zero-order chi connectivity index (χ0) is 14.7. The van der Waals surface area contributed by atoms with Gasteiger partial charge in [-0.15, -0.1) is 6.58 Å². The molecular formula is C14H23F2NO2. The lowest BCUT2D eigenvalue weighted by molar-refractivity contribution is -0.0605. The lowest BCUT2D eigenvalue weighted by atomic mass is 9.96. The van der Waals surface area contributed by atoms with Crippen molar-refractivity contribution in [3.63, 3.8) is 0 Å². The summed E-state index contributed by atoms with van der Waals surface area (Å²) in [6.07, 6.45) is 1.39. The third-order valence-corrected chi connectivity index (χ3v) is 3.12. The Morgan fingerprint density at radius 2 is 2.11 bits per heavy atom. The number of carbonyl (C=O) groups is 1. The largest absolute Gasteiger partial charge is 0.444 e. The average molecular weight is 275 g/mol. The topological polar surface area (TPSA) is 29.5 Å². The first-order valence-corrected chi connectivity index (χ1v) is 6.62. The van der Waals surface area contributed by atoms with Crippen molar-refractivity contribution in [1.29, 1.82) is 0 Å². The van der Waals surface area contributed by atoms with E-state index in [4.69, 9.17) is 4.74 Å². The van der Waals surface area contributed by atoms with Crippen molar-refractivity contribution in [3.05, 3.63) is 12.7 Å². The second-order valence-corrected chi connectivity index (χ2v) is 6.00. The maximum atomic E-state index is 13.9. The molecule has 0 aromatic carbocycles. The summed E-state index contributed by atoms with van der Waals surface area (Å²) in [6.45, 7) is 9.14. The van der Waals surface area contributed by atoms with E-state index >= 15 is 0 Å². The van der Waals surface area contributed by atoms with Gasteiger partial charge in [0.1, 0.15) is 5.60 Å². The second kappa shape index (κ2) is 5.88. The Morgan fingerprint density at radius 1 is 1.47 bits per heavy atom. The number of rotatable bonds is 4. The van der Waals surface area contributed by atoms with E-state index in [1.807, 2.05) is 0 Å². The predicted octanol–water partition coefficient (Wildman–Crippen LogP) is 3.84. The molecule has 1 amide bonds. The minimum absolute atomic E-state index is 0.0685. The lowest BCUT2D eigenvalue weighted by Gasteiger charge is -2.26. The van der Waals surface area contributed by atoms with Gasteiger partial charge in [-0.2, -0.15) is 0 Å². The van der Waals surface area contributed by atoms with Crippen molar-refractivity contribution in [3.8, 4) is 0 Å². The maximum Gasteiger partial charge on any atom is 0.410 e. The molecule has 0 aromatic rings. The molecule has 0 saturated carbocycles. The number of allylic oxidation sites excluding steroid dienone is 1. The van der Waals surface area contributed by atoms with Gasteiger partial charge in [0.15, 0.2) is 0 Å². The Morgan fingerprint density at radius 3 is 2.63 bits per heavy atom. The van der Waals surface area contributed by atoms with Crippen molar-refractivity contribution < 1.29 is 18.3 Å². The van der Waals surface area contributed by atoms with Gasteiger partial charge >= 0.3 is 6.09 Å². The fourth-order valence-electron chi connectivity index (χ4n) is 2.10. The third kappa shape index (κ3) is 4.80. The van der Waals surface area contributed by atoms with Crippen LogP contribution in [0.2, 0.25) is 0 Å². The molecule has 0 unspecified atom stereocenters. The zero-order valence-electron chi connectivity index (χ0n) is 11.9. The number of likely N-dealkylation sites (tertiary alicyclic amines) is 1. The van der Waals surface area contributed by atoms with Crippen molar-refractivity contribution in [2.24, 2.45) is 5.92 Å². The number of ether oxygens (including phenoxy) is 1. The van der Waals surface area contributed by atoms with Crippen molar-refractivity contribution in [2.75, 3.05) is 13.1 Å². The summed E-state index contributed by atoms with van der Waals surface area (Å²) < 4.78 is 32.9. The smallest absolute Gasteiger partial charge is 0.410 e. The third-order valence-electron chi connectivity index (χ3n) is 3.12. The number of halogens is 2. The molecule has 5 heteroatoms. The summed E-state index contributed by atoms with van der Waals surface area (Å²) in [7, 11) is 0. The van der Waals surface area contributed by atoms with Crippen LogP contribution < -0.4 is 0 Å². The van der Waals surface area contributed by atoms with E-state index in [9.17, 15) is 13.6 Å². The molecule has 1 heterocycles. The number of hydrogen-bond acceptors (Lipinski definition) is 2. The van der Waals surface area contributed by atoms with Crippen LogP contribution in [-0.4, -0.2) is 35.6 Å². The van der Waals surface area contributed by atoms with Crippen LogP contribution in [0.3, 0.4) is 0 Å². The van der Waals surface area contributed by atoms with Crippen LogP contribution in [0.5, 0.6) is 0 Å². The molecule has 0 N–H and O–H groups in total. The fraction of sp³-hybridized carbons (Fsp3) is 0.786. The SMILES string of the molecule is C=CCCC(F)(F)[C@H]1CCN(C(=O)OC(C)(C)C)C1. The highest BCUT2D eigenvalue weighted by molar-refractivity contribution is 5.68. The molecular weight excluding hydrogens is 252 g/mol. The highest BCUT2D eigenvalue weighted by atomic mass is 19.3. The Balaban J connectivity index is 2.53. The molecule has 3 nitrogen and oxygen atoms in total. The van der Waals surface area contributed by atoms with Crippen LogP contribution in [0.15, 0.2) is 12.7 Å². The van der Waals surface area contributed by atoms with E-state index in [1.165, 1.54) is 11.0 Å². The number of carbonyl (C=O) groups excluding carboxylic acids is 1. The van der Waals surface area contributed by atoms with Gasteiger partial charge in [-0.3, -0.25) is 0 Å². The minimum Gasteiger partial charge on any atom is -0.444 e. The lowest BCUT2D eigenvalue weighted by Crippen LogP contribution is -2.37. The number of nitrogens with zero attached hydrogens (tertiary/aromatic N) is 1. The van der Waals surface area contributed by atoms with Crippen LogP contribution in [0, 0.1) is 5.92 Å². The van der Waals surface area contributed by atoms with Crippen LogP contribution in [-0.2, 0) is 4.74 Å². The molecule has 1 aliphatic heterocycles. The molecule has 0 radical (unpaired) electrons. The summed E-state index contributed by atoms with van der Waals surface area (Å²) in [5.74, 6) is -3.52. The molecule has 1 rings (SSSR count). The molecule has 0 aromatic heterocycles. The Bertz CT molecular complexity index is 337. The fourth-order valence-corrected chi connectivity index (χ4v) is 2.10. The van der Waals surface area contributed by atoms with Crippen LogP contribution in [0.25, 0.3) is 0 Å². The summed E-state index contributed by atoms with van der Waals surface area (Å²) in [4.78, 5) is 13.2. The summed E-state index contributed by atoms with van der Waals surface area (Å²) >= 11 is 0. The van der Waals surface area contributed by atoms with Gasteiger partial charge in [-0.25, -0.2) is 13.6 Å². The van der Waals surface area contributed by atoms with Gasteiger partial charge in [0.25, 0.3) is 5.92 Å². The Labute approximate surface area is 113 Å². The minimum atomic E-state index is -2.75. The number of amides is 1. The van der Waals surface area contributed by atoms with E-state index in [0.29, 0.717) is 13.0 Å². The second-order valence-electron chi connectivity index (χ2n) is 6.00. The van der Waals surface area contributed by atoms with Crippen LogP contribution >= 0.6 is 0 Å². The van der Waals surface area contributed by atoms with Crippen molar-refractivity contribution in [1.82, 2.24) is 4.90 Å². The van der Waals surface area contributed by atoms with Crippen LogP contribution in [0.1, 0.15) is 40.0 Å². The molecule has 0 bridgehead atoms. The molecule has 1 atom stereocenters. The quantitative estimate of drug-likeness (QED) is 0.729. The van der Waals surface area contributed by atoms with Gasteiger partial charge in [-0.05, 0) is 33.6 Å². The van der Waals surface area contributed by atoms with Gasteiger partial charge in [-0.1, -0.05) is 6.08 Å². The molecule has 0 spiro atoms. The molecule has 1 fully saturated rings. The van der Waals surface area contributed by atoms with Gasteiger partial charge in [0.05, 0.1) is 0 Å². The Kier molecular flexibility index (Phi) is 4.93. The molecule has 1 aliphatic rings. The monoisotopic (exact) mass is 275 g/mol. The van der Waals surface area contributed by atoms with Crippen LogP contribution in [0.4, 0.5) is 13.6 Å². The van der Waals surface area contributed by atoms with E-state index in [2.05, 4.69) is 6.58 Å². The molecule has 0 aliphatic carbocycles. The van der Waals surface area contributed by atoms with E-state index in [0.717, 1.165) is 0 Å². The van der Waals surface area contributed by atoms with E-state index in [1.54, 1.807) is 20.8 Å². The summed E-state index contributed by atoms with van der Waals surface area (Å²) in [5, 5.41) is 0. The highest BCUT2D eigenvalue weighted by Gasteiger charge is 2.44. The standard InChI is InChI=1S/C14H23F2NO2/c1-5-6-8-14(15,16)11-7-9-17(10-11)12(18)19-13(2,3)4/h5,11H,1,6-10H2,2-4H3/t11-/m0/s1. The predicted molar refractivity (Wildman–Crippen MR) is 70.3 cm³/mol. The molecule has 1 saturated heterocycles. The average Bonchev–Trinajstić information content (AvgIpc) is 2.74. The summed E-state index contributed by atoms with van der Waals surface area (Å²) in [5.41, 5.74) is -0.597. The maximum absolute atomic E-state index is 13.9. The first kappa shape index (κ1) is 15.9.